The minimum Gasteiger partial charge on any atom is -0.326 e. The highest BCUT2D eigenvalue weighted by Gasteiger charge is 2.14. The molecule has 0 bridgehead atoms. The maximum Gasteiger partial charge on any atom is 0.248 e. The molecular formula is C18H16N10O2. The first-order valence-electron chi connectivity index (χ1n) is 8.86. The Morgan fingerprint density at radius 2 is 1.70 bits per heavy atom. The zero-order valence-corrected chi connectivity index (χ0v) is 15.8. The van der Waals surface area contributed by atoms with E-state index in [0.717, 1.165) is 0 Å². The first-order chi connectivity index (χ1) is 14.6. The van der Waals surface area contributed by atoms with Gasteiger partial charge in [-0.05, 0) is 52.0 Å². The van der Waals surface area contributed by atoms with Crippen LogP contribution in [0.5, 0.6) is 0 Å². The van der Waals surface area contributed by atoms with Gasteiger partial charge in [0.05, 0.1) is 5.69 Å². The van der Waals surface area contributed by atoms with Gasteiger partial charge in [0.25, 0.3) is 0 Å². The van der Waals surface area contributed by atoms with Crippen molar-refractivity contribution in [2.24, 2.45) is 0 Å². The lowest BCUT2D eigenvalue weighted by Crippen LogP contribution is -2.20. The van der Waals surface area contributed by atoms with Crippen molar-refractivity contribution >= 4 is 23.2 Å². The molecule has 0 atom stereocenters. The van der Waals surface area contributed by atoms with Gasteiger partial charge in [-0.1, -0.05) is 12.1 Å². The SMILES string of the molecule is CC(=O)Nc1ccc(NC(=O)Cn2nnc(-c3ccccc3-n3cnnn3)n2)cc1. The van der Waals surface area contributed by atoms with Crippen molar-refractivity contribution in [2.45, 2.75) is 13.5 Å². The molecular weight excluding hydrogens is 388 g/mol. The molecule has 0 aliphatic carbocycles. The largest absolute Gasteiger partial charge is 0.326 e. The van der Waals surface area contributed by atoms with Gasteiger partial charge in [-0.3, -0.25) is 9.59 Å². The van der Waals surface area contributed by atoms with E-state index in [1.165, 1.54) is 22.7 Å². The molecule has 0 aliphatic rings. The molecule has 0 aliphatic heterocycles. The number of carbonyl (C=O) groups is 2. The van der Waals surface area contributed by atoms with E-state index in [9.17, 15) is 9.59 Å². The van der Waals surface area contributed by atoms with E-state index in [-0.39, 0.29) is 18.4 Å². The smallest absolute Gasteiger partial charge is 0.248 e. The summed E-state index contributed by atoms with van der Waals surface area (Å²) in [6, 6.07) is 14.1. The van der Waals surface area contributed by atoms with Crippen molar-refractivity contribution in [1.82, 2.24) is 40.4 Å². The first-order valence-corrected chi connectivity index (χ1v) is 8.86. The van der Waals surface area contributed by atoms with E-state index in [1.807, 2.05) is 24.3 Å². The standard InChI is InChI=1S/C18H16N10O2/c1-12(29)20-13-6-8-14(9-7-13)21-17(30)10-28-23-18(22-25-28)15-4-2-3-5-16(15)27-11-19-24-26-27/h2-9,11H,10H2,1H3,(H,20,29)(H,21,30). The molecule has 2 N–H and O–H groups in total. The van der Waals surface area contributed by atoms with Gasteiger partial charge in [0.1, 0.15) is 12.9 Å². The van der Waals surface area contributed by atoms with E-state index >= 15 is 0 Å². The molecule has 0 saturated heterocycles. The van der Waals surface area contributed by atoms with Crippen LogP contribution in [-0.4, -0.2) is 52.2 Å². The zero-order valence-electron chi connectivity index (χ0n) is 15.8. The number of rotatable bonds is 6. The lowest BCUT2D eigenvalue weighted by molar-refractivity contribution is -0.117. The van der Waals surface area contributed by atoms with Crippen LogP contribution in [0.1, 0.15) is 6.92 Å². The maximum atomic E-state index is 12.3. The number of nitrogens with one attached hydrogen (secondary N) is 2. The second-order valence-electron chi connectivity index (χ2n) is 6.22. The van der Waals surface area contributed by atoms with Crippen LogP contribution in [0.15, 0.2) is 54.9 Å². The highest BCUT2D eigenvalue weighted by Crippen LogP contribution is 2.22. The number of tetrazole rings is 2. The predicted octanol–water partition coefficient (Wildman–Crippen LogP) is 0.913. The van der Waals surface area contributed by atoms with E-state index in [1.54, 1.807) is 24.3 Å². The lowest BCUT2D eigenvalue weighted by Gasteiger charge is -2.06. The van der Waals surface area contributed by atoms with Crippen molar-refractivity contribution in [3.05, 3.63) is 54.9 Å². The van der Waals surface area contributed by atoms with Crippen LogP contribution in [0, 0.1) is 0 Å². The Kier molecular flexibility index (Phi) is 5.19. The molecule has 0 fully saturated rings. The highest BCUT2D eigenvalue weighted by molar-refractivity contribution is 5.92. The van der Waals surface area contributed by atoms with Crippen LogP contribution < -0.4 is 10.6 Å². The number of nitrogens with zero attached hydrogens (tertiary/aromatic N) is 8. The van der Waals surface area contributed by atoms with Gasteiger partial charge in [-0.2, -0.15) is 9.48 Å². The molecule has 0 saturated carbocycles. The van der Waals surface area contributed by atoms with Gasteiger partial charge in [0, 0.05) is 23.9 Å². The Balaban J connectivity index is 1.44. The zero-order chi connectivity index (χ0) is 20.9. The number of benzene rings is 2. The minimum absolute atomic E-state index is 0.118. The summed E-state index contributed by atoms with van der Waals surface area (Å²) < 4.78 is 1.49. The highest BCUT2D eigenvalue weighted by atomic mass is 16.2. The second-order valence-corrected chi connectivity index (χ2v) is 6.22. The summed E-state index contributed by atoms with van der Waals surface area (Å²) in [7, 11) is 0. The van der Waals surface area contributed by atoms with Crippen molar-refractivity contribution in [1.29, 1.82) is 0 Å². The van der Waals surface area contributed by atoms with Crippen LogP contribution in [0.25, 0.3) is 17.1 Å². The summed E-state index contributed by atoms with van der Waals surface area (Å²) in [5.41, 5.74) is 2.58. The maximum absolute atomic E-state index is 12.3. The minimum atomic E-state index is -0.319. The number of hydrogen-bond acceptors (Lipinski definition) is 8. The predicted molar refractivity (Wildman–Crippen MR) is 105 cm³/mol. The Bertz CT molecular complexity index is 1170. The molecule has 150 valence electrons. The topological polar surface area (TPSA) is 145 Å². The van der Waals surface area contributed by atoms with Crippen LogP contribution >= 0.6 is 0 Å². The molecule has 12 heteroatoms. The fraction of sp³-hybridized carbons (Fsp3) is 0.111. The van der Waals surface area contributed by atoms with Crippen LogP contribution in [-0.2, 0) is 16.1 Å². The number of hydrogen-bond donors (Lipinski definition) is 2. The van der Waals surface area contributed by atoms with Gasteiger partial charge in [0.15, 0.2) is 0 Å². The van der Waals surface area contributed by atoms with Gasteiger partial charge in [0.2, 0.25) is 17.6 Å². The summed E-state index contributed by atoms with van der Waals surface area (Å²) in [5.74, 6) is -0.143. The summed E-state index contributed by atoms with van der Waals surface area (Å²) in [4.78, 5) is 24.6. The molecule has 2 aromatic heterocycles. The summed E-state index contributed by atoms with van der Waals surface area (Å²) in [6.45, 7) is 1.31. The van der Waals surface area contributed by atoms with E-state index in [2.05, 4.69) is 41.6 Å². The molecule has 0 unspecified atom stereocenters. The summed E-state index contributed by atoms with van der Waals surface area (Å²) in [5, 5.41) is 28.8. The van der Waals surface area contributed by atoms with Crippen molar-refractivity contribution in [3.8, 4) is 17.1 Å². The van der Waals surface area contributed by atoms with Gasteiger partial charge in [-0.15, -0.1) is 15.3 Å². The Hall–Kier alpha value is -4.48. The number of carbonyl (C=O) groups excluding carboxylic acids is 2. The lowest BCUT2D eigenvalue weighted by atomic mass is 10.1. The first kappa shape index (κ1) is 18.9. The van der Waals surface area contributed by atoms with Gasteiger partial charge < -0.3 is 10.6 Å². The number of aromatic nitrogens is 8. The Morgan fingerprint density at radius 3 is 2.40 bits per heavy atom. The monoisotopic (exact) mass is 404 g/mol. The molecule has 2 aromatic carbocycles. The average molecular weight is 404 g/mol. The van der Waals surface area contributed by atoms with Crippen LogP contribution in [0.4, 0.5) is 11.4 Å². The molecule has 2 heterocycles. The van der Waals surface area contributed by atoms with Crippen LogP contribution in [0.2, 0.25) is 0 Å². The third-order valence-corrected chi connectivity index (χ3v) is 3.97. The third-order valence-electron chi connectivity index (χ3n) is 3.97. The molecule has 0 spiro atoms. The van der Waals surface area contributed by atoms with Crippen molar-refractivity contribution in [3.63, 3.8) is 0 Å². The molecule has 12 nitrogen and oxygen atoms in total. The van der Waals surface area contributed by atoms with Crippen molar-refractivity contribution in [2.75, 3.05) is 10.6 Å². The molecule has 30 heavy (non-hydrogen) atoms. The van der Waals surface area contributed by atoms with E-state index in [0.29, 0.717) is 28.5 Å². The third kappa shape index (κ3) is 4.32. The van der Waals surface area contributed by atoms with E-state index < -0.39 is 0 Å². The van der Waals surface area contributed by atoms with Gasteiger partial charge >= 0.3 is 0 Å². The normalized spacial score (nSPS) is 10.6. The number of anilines is 2. The number of para-hydroxylation sites is 1. The molecule has 4 aromatic rings. The summed E-state index contributed by atoms with van der Waals surface area (Å²) >= 11 is 0. The molecule has 2 amide bonds. The van der Waals surface area contributed by atoms with Crippen LogP contribution in [0.3, 0.4) is 0 Å². The Labute approximate surface area is 169 Å². The quantitative estimate of drug-likeness (QED) is 0.482. The number of amides is 2. The van der Waals surface area contributed by atoms with Crippen molar-refractivity contribution < 1.29 is 9.59 Å². The average Bonchev–Trinajstić information content (AvgIpc) is 3.41. The summed E-state index contributed by atoms with van der Waals surface area (Å²) in [6.07, 6.45) is 1.47. The second kappa shape index (κ2) is 8.26. The Morgan fingerprint density at radius 1 is 0.967 bits per heavy atom. The van der Waals surface area contributed by atoms with E-state index in [4.69, 9.17) is 0 Å². The molecule has 4 rings (SSSR count). The molecule has 0 radical (unpaired) electrons. The fourth-order valence-electron chi connectivity index (χ4n) is 2.72. The fourth-order valence-corrected chi connectivity index (χ4v) is 2.72. The van der Waals surface area contributed by atoms with Gasteiger partial charge in [-0.25, -0.2) is 0 Å².